The van der Waals surface area contributed by atoms with Crippen LogP contribution < -0.4 is 14.8 Å². The highest BCUT2D eigenvalue weighted by Crippen LogP contribution is 2.30. The highest BCUT2D eigenvalue weighted by molar-refractivity contribution is 7.98. The monoisotopic (exact) mass is 343 g/mol. The van der Waals surface area contributed by atoms with Gasteiger partial charge < -0.3 is 14.8 Å². The Labute approximate surface area is 146 Å². The van der Waals surface area contributed by atoms with E-state index >= 15 is 0 Å². The van der Waals surface area contributed by atoms with Crippen molar-refractivity contribution in [1.29, 1.82) is 0 Å². The van der Waals surface area contributed by atoms with Crippen LogP contribution in [-0.4, -0.2) is 30.9 Å². The van der Waals surface area contributed by atoms with E-state index in [9.17, 15) is 4.79 Å². The molecule has 1 unspecified atom stereocenters. The molecule has 2 aromatic rings. The fourth-order valence-corrected chi connectivity index (χ4v) is 3.40. The van der Waals surface area contributed by atoms with Crippen LogP contribution in [-0.2, 0) is 10.5 Å². The van der Waals surface area contributed by atoms with Gasteiger partial charge in [-0.3, -0.25) is 4.79 Å². The van der Waals surface area contributed by atoms with Gasteiger partial charge in [0.2, 0.25) is 6.10 Å². The van der Waals surface area contributed by atoms with Crippen molar-refractivity contribution in [3.8, 4) is 11.5 Å². The largest absolute Gasteiger partial charge is 0.485 e. The van der Waals surface area contributed by atoms with Gasteiger partial charge in [-0.25, -0.2) is 0 Å². The van der Waals surface area contributed by atoms with E-state index in [1.807, 2.05) is 42.1 Å². The minimum absolute atomic E-state index is 0.124. The quantitative estimate of drug-likeness (QED) is 0.819. The van der Waals surface area contributed by atoms with Crippen LogP contribution in [0.25, 0.3) is 0 Å². The first kappa shape index (κ1) is 16.7. The van der Waals surface area contributed by atoms with Gasteiger partial charge >= 0.3 is 0 Å². The van der Waals surface area contributed by atoms with E-state index in [-0.39, 0.29) is 12.5 Å². The lowest BCUT2D eigenvalue weighted by Gasteiger charge is -2.25. The van der Waals surface area contributed by atoms with Crippen LogP contribution in [0.1, 0.15) is 11.1 Å². The number of rotatable bonds is 6. The number of carbonyl (C=O) groups is 1. The van der Waals surface area contributed by atoms with Crippen molar-refractivity contribution >= 4 is 17.7 Å². The Hall–Kier alpha value is -2.14. The first-order valence-electron chi connectivity index (χ1n) is 8.02. The molecular weight excluding hydrogens is 322 g/mol. The van der Waals surface area contributed by atoms with Crippen molar-refractivity contribution in [1.82, 2.24) is 5.32 Å². The Morgan fingerprint density at radius 3 is 2.75 bits per heavy atom. The van der Waals surface area contributed by atoms with Gasteiger partial charge in [0.1, 0.15) is 6.61 Å². The molecule has 0 aromatic heterocycles. The van der Waals surface area contributed by atoms with Crippen molar-refractivity contribution in [2.24, 2.45) is 0 Å². The number of thioether (sulfide) groups is 1. The van der Waals surface area contributed by atoms with Crippen molar-refractivity contribution in [2.45, 2.75) is 18.8 Å². The summed E-state index contributed by atoms with van der Waals surface area (Å²) in [7, 11) is 0. The fraction of sp³-hybridized carbons (Fsp3) is 0.316. The fourth-order valence-electron chi connectivity index (χ4n) is 2.46. The zero-order valence-corrected chi connectivity index (χ0v) is 14.5. The average Bonchev–Trinajstić information content (AvgIpc) is 2.62. The standard InChI is InChI=1S/C19H21NO3S/c1-14-6-2-3-7-15(14)13-24-11-10-20-19(21)18-12-22-16-8-4-5-9-17(16)23-18/h2-9,18H,10-13H2,1H3,(H,20,21). The number of para-hydroxylation sites is 2. The zero-order chi connectivity index (χ0) is 16.8. The van der Waals surface area contributed by atoms with E-state index in [1.54, 1.807) is 0 Å². The number of fused-ring (bicyclic) bond motifs is 1. The van der Waals surface area contributed by atoms with Gasteiger partial charge in [0.15, 0.2) is 11.5 Å². The molecule has 0 spiro atoms. The molecule has 0 aliphatic carbocycles. The molecule has 1 atom stereocenters. The number of nitrogens with one attached hydrogen (secondary N) is 1. The lowest BCUT2D eigenvalue weighted by atomic mass is 10.1. The van der Waals surface area contributed by atoms with E-state index in [2.05, 4.69) is 30.4 Å². The number of aryl methyl sites for hydroxylation is 1. The van der Waals surface area contributed by atoms with Gasteiger partial charge in [-0.05, 0) is 30.2 Å². The maximum Gasteiger partial charge on any atom is 0.264 e. The lowest BCUT2D eigenvalue weighted by Crippen LogP contribution is -2.44. The average molecular weight is 343 g/mol. The van der Waals surface area contributed by atoms with Crippen LogP contribution in [0.3, 0.4) is 0 Å². The van der Waals surface area contributed by atoms with Gasteiger partial charge in [-0.2, -0.15) is 11.8 Å². The summed E-state index contributed by atoms with van der Waals surface area (Å²) >= 11 is 1.81. The predicted molar refractivity (Wildman–Crippen MR) is 96.7 cm³/mol. The molecule has 0 saturated carbocycles. The second-order valence-electron chi connectivity index (χ2n) is 5.63. The molecule has 1 aliphatic rings. The van der Waals surface area contributed by atoms with Crippen LogP contribution in [0.5, 0.6) is 11.5 Å². The molecule has 1 N–H and O–H groups in total. The van der Waals surface area contributed by atoms with Crippen molar-refractivity contribution < 1.29 is 14.3 Å². The molecule has 3 rings (SSSR count). The minimum Gasteiger partial charge on any atom is -0.485 e. The maximum atomic E-state index is 12.2. The predicted octanol–water partition coefficient (Wildman–Crippen LogP) is 3.18. The first-order valence-corrected chi connectivity index (χ1v) is 9.18. The summed E-state index contributed by atoms with van der Waals surface area (Å²) in [6.07, 6.45) is -0.582. The van der Waals surface area contributed by atoms with Crippen LogP contribution in [0.2, 0.25) is 0 Å². The van der Waals surface area contributed by atoms with Crippen molar-refractivity contribution in [3.63, 3.8) is 0 Å². The highest BCUT2D eigenvalue weighted by atomic mass is 32.2. The summed E-state index contributed by atoms with van der Waals surface area (Å²) in [6.45, 7) is 2.99. The van der Waals surface area contributed by atoms with Crippen LogP contribution in [0, 0.1) is 6.92 Å². The zero-order valence-electron chi connectivity index (χ0n) is 13.7. The summed E-state index contributed by atoms with van der Waals surface area (Å²) in [5, 5.41) is 2.92. The number of carbonyl (C=O) groups excluding carboxylic acids is 1. The third-order valence-electron chi connectivity index (χ3n) is 3.87. The van der Waals surface area contributed by atoms with Gasteiger partial charge in [-0.15, -0.1) is 0 Å². The Bertz CT molecular complexity index is 705. The molecule has 0 bridgehead atoms. The molecule has 4 nitrogen and oxygen atoms in total. The van der Waals surface area contributed by atoms with E-state index in [1.165, 1.54) is 11.1 Å². The van der Waals surface area contributed by atoms with E-state index in [4.69, 9.17) is 9.47 Å². The molecule has 24 heavy (non-hydrogen) atoms. The van der Waals surface area contributed by atoms with Gasteiger partial charge in [0.05, 0.1) is 0 Å². The molecule has 1 aliphatic heterocycles. The lowest BCUT2D eigenvalue weighted by molar-refractivity contribution is -0.130. The normalized spacial score (nSPS) is 15.8. The Kier molecular flexibility index (Phi) is 5.64. The van der Waals surface area contributed by atoms with E-state index in [0.29, 0.717) is 18.0 Å². The Morgan fingerprint density at radius 1 is 1.17 bits per heavy atom. The summed E-state index contributed by atoms with van der Waals surface area (Å²) in [4.78, 5) is 12.2. The Balaban J connectivity index is 1.38. The molecule has 5 heteroatoms. The SMILES string of the molecule is Cc1ccccc1CSCCNC(=O)C1COc2ccccc2O1. The summed E-state index contributed by atoms with van der Waals surface area (Å²) < 4.78 is 11.3. The van der Waals surface area contributed by atoms with Crippen LogP contribution >= 0.6 is 11.8 Å². The molecule has 0 fully saturated rings. The molecule has 1 amide bonds. The topological polar surface area (TPSA) is 47.6 Å². The van der Waals surface area contributed by atoms with Crippen molar-refractivity contribution in [2.75, 3.05) is 18.9 Å². The third kappa shape index (κ3) is 4.23. The summed E-state index contributed by atoms with van der Waals surface area (Å²) in [5.41, 5.74) is 2.65. The number of ether oxygens (including phenoxy) is 2. The van der Waals surface area contributed by atoms with Gasteiger partial charge in [-0.1, -0.05) is 36.4 Å². The third-order valence-corrected chi connectivity index (χ3v) is 4.87. The van der Waals surface area contributed by atoms with Crippen LogP contribution in [0.4, 0.5) is 0 Å². The molecule has 1 heterocycles. The molecule has 126 valence electrons. The van der Waals surface area contributed by atoms with Gasteiger partial charge in [0.25, 0.3) is 5.91 Å². The van der Waals surface area contributed by atoms with E-state index < -0.39 is 6.10 Å². The minimum atomic E-state index is -0.582. The number of benzene rings is 2. The van der Waals surface area contributed by atoms with Crippen LogP contribution in [0.15, 0.2) is 48.5 Å². The van der Waals surface area contributed by atoms with Crippen molar-refractivity contribution in [3.05, 3.63) is 59.7 Å². The number of hydrogen-bond donors (Lipinski definition) is 1. The molecule has 0 radical (unpaired) electrons. The van der Waals surface area contributed by atoms with E-state index in [0.717, 1.165) is 11.5 Å². The maximum absolute atomic E-state index is 12.2. The smallest absolute Gasteiger partial charge is 0.264 e. The first-order chi connectivity index (χ1) is 11.7. The van der Waals surface area contributed by atoms with Gasteiger partial charge in [0, 0.05) is 18.1 Å². The second kappa shape index (κ2) is 8.11. The molecule has 0 saturated heterocycles. The number of hydrogen-bond acceptors (Lipinski definition) is 4. The summed E-state index contributed by atoms with van der Waals surface area (Å²) in [6, 6.07) is 15.8. The Morgan fingerprint density at radius 2 is 1.92 bits per heavy atom. The molecular formula is C19H21NO3S. The number of amides is 1. The molecule has 2 aromatic carbocycles. The second-order valence-corrected chi connectivity index (χ2v) is 6.74. The summed E-state index contributed by atoms with van der Waals surface area (Å²) in [5.74, 6) is 3.01. The highest BCUT2D eigenvalue weighted by Gasteiger charge is 2.26.